The van der Waals surface area contributed by atoms with E-state index in [1.165, 1.54) is 11.3 Å². The molecule has 3 rings (SSSR count). The van der Waals surface area contributed by atoms with Crippen LogP contribution >= 0.6 is 0 Å². The molecule has 0 saturated heterocycles. The van der Waals surface area contributed by atoms with Gasteiger partial charge in [0, 0.05) is 55.6 Å². The third kappa shape index (κ3) is 2.33. The summed E-state index contributed by atoms with van der Waals surface area (Å²) in [4.78, 5) is 2.25. The van der Waals surface area contributed by atoms with Gasteiger partial charge in [0.05, 0.1) is 18.0 Å². The zero-order chi connectivity index (χ0) is 15.1. The van der Waals surface area contributed by atoms with Crippen molar-refractivity contribution in [2.24, 2.45) is 7.05 Å². The van der Waals surface area contributed by atoms with E-state index < -0.39 is 0 Å². The largest absolute Gasteiger partial charge is 0.489 e. The van der Waals surface area contributed by atoms with Crippen LogP contribution in [0.1, 0.15) is 19.5 Å². The van der Waals surface area contributed by atoms with Crippen LogP contribution in [0.2, 0.25) is 0 Å². The fraction of sp³-hybridized carbons (Fsp3) is 0.438. The standard InChI is InChI=1S/C16H22N4O/c1-10(2)21-16-8-15-11(7-13(16)17)12-9-18-20(4)14(12)5-6-19(15)3/h7-10H,5-6,17H2,1-4H3. The van der Waals surface area contributed by atoms with Crippen LogP contribution in [-0.4, -0.2) is 29.5 Å². The van der Waals surface area contributed by atoms with E-state index in [-0.39, 0.29) is 6.10 Å². The van der Waals surface area contributed by atoms with Gasteiger partial charge in [0.2, 0.25) is 0 Å². The lowest BCUT2D eigenvalue weighted by atomic mass is 10.0. The topological polar surface area (TPSA) is 56.3 Å². The highest BCUT2D eigenvalue weighted by atomic mass is 16.5. The number of benzene rings is 1. The van der Waals surface area contributed by atoms with Gasteiger partial charge in [-0.3, -0.25) is 4.68 Å². The highest BCUT2D eigenvalue weighted by Crippen LogP contribution is 2.41. The maximum atomic E-state index is 6.18. The van der Waals surface area contributed by atoms with Crippen molar-refractivity contribution in [3.05, 3.63) is 24.0 Å². The van der Waals surface area contributed by atoms with Crippen LogP contribution in [0.15, 0.2) is 18.3 Å². The van der Waals surface area contributed by atoms with Crippen molar-refractivity contribution < 1.29 is 4.74 Å². The number of aryl methyl sites for hydroxylation is 1. The number of nitrogen functional groups attached to an aromatic ring is 1. The lowest BCUT2D eigenvalue weighted by Gasteiger charge is -2.22. The summed E-state index contributed by atoms with van der Waals surface area (Å²) in [6.07, 6.45) is 3.00. The molecule has 1 aliphatic rings. The van der Waals surface area contributed by atoms with Crippen molar-refractivity contribution in [2.45, 2.75) is 26.4 Å². The molecule has 21 heavy (non-hydrogen) atoms. The molecular weight excluding hydrogens is 264 g/mol. The fourth-order valence-corrected chi connectivity index (χ4v) is 2.85. The summed E-state index contributed by atoms with van der Waals surface area (Å²) in [5, 5.41) is 4.39. The molecule has 2 N–H and O–H groups in total. The number of rotatable bonds is 2. The second-order valence-corrected chi connectivity index (χ2v) is 5.87. The molecule has 0 bridgehead atoms. The van der Waals surface area contributed by atoms with Crippen molar-refractivity contribution in [3.63, 3.8) is 0 Å². The molecular formula is C16H22N4O. The van der Waals surface area contributed by atoms with Crippen LogP contribution < -0.4 is 15.4 Å². The molecule has 0 radical (unpaired) electrons. The first-order valence-corrected chi connectivity index (χ1v) is 7.30. The van der Waals surface area contributed by atoms with Crippen molar-refractivity contribution >= 4 is 11.4 Å². The minimum absolute atomic E-state index is 0.107. The second-order valence-electron chi connectivity index (χ2n) is 5.87. The molecule has 0 aliphatic carbocycles. The quantitative estimate of drug-likeness (QED) is 0.862. The summed E-state index contributed by atoms with van der Waals surface area (Å²) in [5.74, 6) is 0.753. The Morgan fingerprint density at radius 3 is 2.71 bits per heavy atom. The number of fused-ring (bicyclic) bond motifs is 3. The average molecular weight is 286 g/mol. The monoisotopic (exact) mass is 286 g/mol. The molecule has 2 heterocycles. The summed E-state index contributed by atoms with van der Waals surface area (Å²) < 4.78 is 7.77. The Kier molecular flexibility index (Phi) is 3.27. The van der Waals surface area contributed by atoms with Gasteiger partial charge in [-0.1, -0.05) is 0 Å². The van der Waals surface area contributed by atoms with E-state index in [9.17, 15) is 0 Å². The van der Waals surface area contributed by atoms with Crippen molar-refractivity contribution in [3.8, 4) is 16.9 Å². The minimum atomic E-state index is 0.107. The lowest BCUT2D eigenvalue weighted by molar-refractivity contribution is 0.244. The third-order valence-electron chi connectivity index (χ3n) is 3.94. The van der Waals surface area contributed by atoms with Gasteiger partial charge in [0.15, 0.2) is 0 Å². The molecule has 0 saturated carbocycles. The summed E-state index contributed by atoms with van der Waals surface area (Å²) in [7, 11) is 4.09. The van der Waals surface area contributed by atoms with Gasteiger partial charge >= 0.3 is 0 Å². The highest BCUT2D eigenvalue weighted by molar-refractivity contribution is 5.85. The van der Waals surface area contributed by atoms with E-state index in [4.69, 9.17) is 10.5 Å². The van der Waals surface area contributed by atoms with Crippen LogP contribution in [0.4, 0.5) is 11.4 Å². The number of hydrogen-bond acceptors (Lipinski definition) is 4. The number of nitrogens with zero attached hydrogens (tertiary/aromatic N) is 3. The number of ether oxygens (including phenoxy) is 1. The molecule has 2 aromatic rings. The van der Waals surface area contributed by atoms with Gasteiger partial charge in [-0.25, -0.2) is 0 Å². The van der Waals surface area contributed by atoms with E-state index in [2.05, 4.69) is 17.0 Å². The van der Waals surface area contributed by atoms with Crippen molar-refractivity contribution in [1.82, 2.24) is 9.78 Å². The second kappa shape index (κ2) is 4.98. The zero-order valence-electron chi connectivity index (χ0n) is 13.1. The van der Waals surface area contributed by atoms with E-state index in [1.807, 2.05) is 43.9 Å². The molecule has 0 amide bonds. The highest BCUT2D eigenvalue weighted by Gasteiger charge is 2.22. The Balaban J connectivity index is 2.17. The first kappa shape index (κ1) is 13.8. The van der Waals surface area contributed by atoms with Gasteiger partial charge in [0.1, 0.15) is 5.75 Å². The lowest BCUT2D eigenvalue weighted by Crippen LogP contribution is -2.20. The zero-order valence-corrected chi connectivity index (χ0v) is 13.1. The van der Waals surface area contributed by atoms with Gasteiger partial charge in [-0.05, 0) is 19.9 Å². The van der Waals surface area contributed by atoms with E-state index >= 15 is 0 Å². The Morgan fingerprint density at radius 1 is 1.24 bits per heavy atom. The molecule has 5 heteroatoms. The number of aromatic nitrogens is 2. The molecule has 0 spiro atoms. The van der Waals surface area contributed by atoms with Crippen molar-refractivity contribution in [2.75, 3.05) is 24.2 Å². The van der Waals surface area contributed by atoms with E-state index in [0.29, 0.717) is 5.69 Å². The van der Waals surface area contributed by atoms with Gasteiger partial charge < -0.3 is 15.4 Å². The maximum absolute atomic E-state index is 6.18. The molecule has 1 aliphatic heterocycles. The van der Waals surface area contributed by atoms with E-state index in [1.54, 1.807) is 0 Å². The molecule has 1 aromatic carbocycles. The number of likely N-dealkylation sites (N-methyl/N-ethyl adjacent to an activating group) is 1. The predicted molar refractivity (Wildman–Crippen MR) is 85.8 cm³/mol. The molecule has 1 aromatic heterocycles. The molecule has 0 unspecified atom stereocenters. The third-order valence-corrected chi connectivity index (χ3v) is 3.94. The van der Waals surface area contributed by atoms with E-state index in [0.717, 1.165) is 30.0 Å². The fourth-order valence-electron chi connectivity index (χ4n) is 2.85. The molecule has 112 valence electrons. The summed E-state index contributed by atoms with van der Waals surface area (Å²) >= 11 is 0. The molecule has 0 fully saturated rings. The SMILES string of the molecule is CC(C)Oc1cc2c(cc1N)-c1cnn(C)c1CCN2C. The molecule has 5 nitrogen and oxygen atoms in total. The van der Waals surface area contributed by atoms with Crippen LogP contribution in [0, 0.1) is 0 Å². The average Bonchev–Trinajstić information content (AvgIpc) is 2.72. The van der Waals surface area contributed by atoms with Crippen molar-refractivity contribution in [1.29, 1.82) is 0 Å². The van der Waals surface area contributed by atoms with Crippen LogP contribution in [-0.2, 0) is 13.5 Å². The maximum Gasteiger partial charge on any atom is 0.144 e. The number of anilines is 2. The Hall–Kier alpha value is -2.17. The summed E-state index contributed by atoms with van der Waals surface area (Å²) in [5.41, 5.74) is 11.5. The van der Waals surface area contributed by atoms with Gasteiger partial charge in [0.25, 0.3) is 0 Å². The predicted octanol–water partition coefficient (Wildman–Crippen LogP) is 2.45. The summed E-state index contributed by atoms with van der Waals surface area (Å²) in [6.45, 7) is 4.96. The minimum Gasteiger partial charge on any atom is -0.489 e. The summed E-state index contributed by atoms with van der Waals surface area (Å²) in [6, 6.07) is 4.06. The van der Waals surface area contributed by atoms with Crippen LogP contribution in [0.3, 0.4) is 0 Å². The van der Waals surface area contributed by atoms with Gasteiger partial charge in [-0.15, -0.1) is 0 Å². The normalized spacial score (nSPS) is 13.9. The Morgan fingerprint density at radius 2 is 2.00 bits per heavy atom. The van der Waals surface area contributed by atoms with Crippen LogP contribution in [0.5, 0.6) is 5.75 Å². The number of nitrogens with two attached hydrogens (primary N) is 1. The van der Waals surface area contributed by atoms with Crippen LogP contribution in [0.25, 0.3) is 11.1 Å². The smallest absolute Gasteiger partial charge is 0.144 e. The first-order chi connectivity index (χ1) is 9.97. The first-order valence-electron chi connectivity index (χ1n) is 7.30. The number of hydrogen-bond donors (Lipinski definition) is 1. The van der Waals surface area contributed by atoms with Gasteiger partial charge in [-0.2, -0.15) is 5.10 Å². The Bertz CT molecular complexity index is 675. The molecule has 0 atom stereocenters. The Labute approximate surface area is 125 Å².